The summed E-state index contributed by atoms with van der Waals surface area (Å²) in [5.74, 6) is -1.12. The number of carboxylic acid groups (broad SMARTS) is 1. The topological polar surface area (TPSA) is 88.0 Å². The van der Waals surface area contributed by atoms with Crippen molar-refractivity contribution in [3.8, 4) is 0 Å². The largest absolute Gasteiger partial charge is 0.481 e. The van der Waals surface area contributed by atoms with Crippen molar-refractivity contribution in [3.05, 3.63) is 24.0 Å². The molecule has 0 aliphatic rings. The molecule has 11 heteroatoms. The van der Waals surface area contributed by atoms with Gasteiger partial charge in [-0.1, -0.05) is 23.1 Å². The second-order valence-electron chi connectivity index (χ2n) is 3.61. The molecule has 21 heavy (non-hydrogen) atoms. The van der Waals surface area contributed by atoms with Gasteiger partial charge in [-0.2, -0.15) is 13.2 Å². The number of alkyl halides is 3. The zero-order chi connectivity index (χ0) is 15.5. The molecule has 0 atom stereocenters. The molecule has 0 saturated heterocycles. The monoisotopic (exact) mass is 336 g/mol. The van der Waals surface area contributed by atoms with Gasteiger partial charge in [0, 0.05) is 0 Å². The van der Waals surface area contributed by atoms with Crippen molar-refractivity contribution in [3.63, 3.8) is 0 Å². The predicted octanol–water partition coefficient (Wildman–Crippen LogP) is 2.87. The van der Waals surface area contributed by atoms with E-state index in [2.05, 4.69) is 20.5 Å². The quantitative estimate of drug-likeness (QED) is 0.812. The molecule has 0 aliphatic heterocycles. The average Bonchev–Trinajstić information content (AvgIpc) is 2.83. The van der Waals surface area contributed by atoms with E-state index in [4.69, 9.17) is 5.11 Å². The number of nitrogens with zero attached hydrogens (tertiary/aromatic N) is 3. The third-order valence-electron chi connectivity index (χ3n) is 2.03. The third-order valence-corrected chi connectivity index (χ3v) is 3.99. The summed E-state index contributed by atoms with van der Waals surface area (Å²) < 4.78 is 37.5. The normalized spacial score (nSPS) is 11.4. The number of hydrogen-bond acceptors (Lipinski definition) is 7. The van der Waals surface area contributed by atoms with Crippen molar-refractivity contribution in [2.75, 3.05) is 11.1 Å². The number of rotatable bonds is 5. The molecule has 0 unspecified atom stereocenters. The van der Waals surface area contributed by atoms with Crippen LogP contribution in [-0.2, 0) is 11.0 Å². The van der Waals surface area contributed by atoms with E-state index >= 15 is 0 Å². The number of pyridine rings is 1. The Balaban J connectivity index is 2.00. The van der Waals surface area contributed by atoms with Crippen LogP contribution in [0.4, 0.5) is 24.0 Å². The van der Waals surface area contributed by atoms with E-state index in [1.807, 2.05) is 0 Å². The molecule has 0 aromatic carbocycles. The number of carboxylic acids is 1. The van der Waals surface area contributed by atoms with E-state index < -0.39 is 17.8 Å². The third kappa shape index (κ3) is 4.56. The Bertz CT molecular complexity index is 630. The highest BCUT2D eigenvalue weighted by molar-refractivity contribution is 8.01. The molecule has 2 aromatic heterocycles. The summed E-state index contributed by atoms with van der Waals surface area (Å²) in [5.41, 5.74) is -0.656. The maximum absolute atomic E-state index is 12.3. The highest BCUT2D eigenvalue weighted by Gasteiger charge is 2.32. The molecule has 2 rings (SSSR count). The smallest absolute Gasteiger partial charge is 0.433 e. The van der Waals surface area contributed by atoms with Crippen LogP contribution in [0.2, 0.25) is 0 Å². The number of halogens is 3. The Morgan fingerprint density at radius 1 is 1.38 bits per heavy atom. The molecule has 0 radical (unpaired) electrons. The molecule has 6 nitrogen and oxygen atoms in total. The lowest BCUT2D eigenvalue weighted by Crippen LogP contribution is -2.07. The standard InChI is InChI=1S/C10H7F3N4O2S2/c11-10(12,13)6-2-1-5(3-14-6)15-8-16-17-9(21-8)20-4-7(18)19/h1-3H,4H2,(H,15,16)(H,18,19). The van der Waals surface area contributed by atoms with Crippen LogP contribution in [0.25, 0.3) is 0 Å². The lowest BCUT2D eigenvalue weighted by Gasteiger charge is -2.06. The maximum atomic E-state index is 12.3. The van der Waals surface area contributed by atoms with E-state index in [0.29, 0.717) is 15.2 Å². The highest BCUT2D eigenvalue weighted by atomic mass is 32.2. The Labute approximate surface area is 124 Å². The fourth-order valence-corrected chi connectivity index (χ4v) is 2.69. The van der Waals surface area contributed by atoms with E-state index in [1.54, 1.807) is 0 Å². The first-order valence-corrected chi connectivity index (χ1v) is 7.13. The van der Waals surface area contributed by atoms with Gasteiger partial charge >= 0.3 is 12.1 Å². The number of nitrogens with one attached hydrogen (secondary N) is 1. The van der Waals surface area contributed by atoms with E-state index in [9.17, 15) is 18.0 Å². The summed E-state index contributed by atoms with van der Waals surface area (Å²) in [6.45, 7) is 0. The Kier molecular flexibility index (Phi) is 4.63. The van der Waals surface area contributed by atoms with Gasteiger partial charge in [0.15, 0.2) is 4.34 Å². The van der Waals surface area contributed by atoms with Crippen LogP contribution in [0.3, 0.4) is 0 Å². The lowest BCUT2D eigenvalue weighted by atomic mass is 10.3. The summed E-state index contributed by atoms with van der Waals surface area (Å²) in [5, 5.41) is 19.1. The van der Waals surface area contributed by atoms with Crippen LogP contribution in [0.15, 0.2) is 22.7 Å². The van der Waals surface area contributed by atoms with E-state index in [-0.39, 0.29) is 5.75 Å². The average molecular weight is 336 g/mol. The fraction of sp³-hybridized carbons (Fsp3) is 0.200. The first kappa shape index (κ1) is 15.5. The Morgan fingerprint density at radius 2 is 2.14 bits per heavy atom. The zero-order valence-electron chi connectivity index (χ0n) is 10.1. The van der Waals surface area contributed by atoms with Crippen molar-refractivity contribution in [2.45, 2.75) is 10.5 Å². The van der Waals surface area contributed by atoms with Crippen LogP contribution in [0.5, 0.6) is 0 Å². The molecule has 0 fully saturated rings. The Hall–Kier alpha value is -1.88. The summed E-state index contributed by atoms with van der Waals surface area (Å²) >= 11 is 2.10. The summed E-state index contributed by atoms with van der Waals surface area (Å²) in [7, 11) is 0. The summed E-state index contributed by atoms with van der Waals surface area (Å²) in [6, 6.07) is 2.07. The number of anilines is 2. The minimum atomic E-state index is -4.48. The van der Waals surface area contributed by atoms with Gasteiger partial charge < -0.3 is 10.4 Å². The number of hydrogen-bond donors (Lipinski definition) is 2. The molecule has 2 aromatic rings. The molecule has 0 amide bonds. The van der Waals surface area contributed by atoms with Gasteiger partial charge in [-0.15, -0.1) is 10.2 Å². The van der Waals surface area contributed by atoms with E-state index in [0.717, 1.165) is 35.4 Å². The van der Waals surface area contributed by atoms with Gasteiger partial charge in [-0.05, 0) is 12.1 Å². The number of aliphatic carboxylic acids is 1. The second kappa shape index (κ2) is 6.26. The second-order valence-corrected chi connectivity index (χ2v) is 5.81. The molecule has 112 valence electrons. The molecule has 0 aliphatic carbocycles. The van der Waals surface area contributed by atoms with Crippen molar-refractivity contribution in [2.24, 2.45) is 0 Å². The SMILES string of the molecule is O=C(O)CSc1nnc(Nc2ccc(C(F)(F)F)nc2)s1. The highest BCUT2D eigenvalue weighted by Crippen LogP contribution is 2.30. The predicted molar refractivity (Wildman–Crippen MR) is 70.8 cm³/mol. The van der Waals surface area contributed by atoms with E-state index in [1.165, 1.54) is 6.07 Å². The van der Waals surface area contributed by atoms with Crippen LogP contribution < -0.4 is 5.32 Å². The summed E-state index contributed by atoms with van der Waals surface area (Å²) in [6.07, 6.45) is -3.45. The first-order chi connectivity index (χ1) is 9.84. The summed E-state index contributed by atoms with van der Waals surface area (Å²) in [4.78, 5) is 13.7. The maximum Gasteiger partial charge on any atom is 0.433 e. The number of aromatic nitrogens is 3. The van der Waals surface area contributed by atoms with Crippen LogP contribution >= 0.6 is 23.1 Å². The molecule has 0 bridgehead atoms. The van der Waals surface area contributed by atoms with Gasteiger partial charge in [0.2, 0.25) is 5.13 Å². The van der Waals surface area contributed by atoms with Crippen molar-refractivity contribution >= 4 is 39.9 Å². The molecule has 0 spiro atoms. The molecular formula is C10H7F3N4O2S2. The van der Waals surface area contributed by atoms with Crippen LogP contribution in [0.1, 0.15) is 5.69 Å². The number of carbonyl (C=O) groups is 1. The number of thioether (sulfide) groups is 1. The first-order valence-electron chi connectivity index (χ1n) is 5.33. The van der Waals surface area contributed by atoms with Gasteiger partial charge in [0.25, 0.3) is 0 Å². The van der Waals surface area contributed by atoms with Gasteiger partial charge in [0.05, 0.1) is 17.6 Å². The molecule has 0 saturated carbocycles. The van der Waals surface area contributed by atoms with Crippen molar-refractivity contribution in [1.29, 1.82) is 0 Å². The minimum absolute atomic E-state index is 0.142. The lowest BCUT2D eigenvalue weighted by molar-refractivity contribution is -0.141. The molecular weight excluding hydrogens is 329 g/mol. The fourth-order valence-electron chi connectivity index (χ4n) is 1.20. The molecule has 2 N–H and O–H groups in total. The zero-order valence-corrected chi connectivity index (χ0v) is 11.7. The van der Waals surface area contributed by atoms with Crippen LogP contribution in [0, 0.1) is 0 Å². The van der Waals surface area contributed by atoms with Crippen molar-refractivity contribution < 1.29 is 23.1 Å². The van der Waals surface area contributed by atoms with Gasteiger partial charge in [-0.3, -0.25) is 4.79 Å². The van der Waals surface area contributed by atoms with Gasteiger partial charge in [0.1, 0.15) is 5.69 Å². The van der Waals surface area contributed by atoms with Gasteiger partial charge in [-0.25, -0.2) is 4.98 Å². The molecule has 2 heterocycles. The van der Waals surface area contributed by atoms with Crippen LogP contribution in [-0.4, -0.2) is 32.0 Å². The Morgan fingerprint density at radius 3 is 2.71 bits per heavy atom. The van der Waals surface area contributed by atoms with Crippen molar-refractivity contribution in [1.82, 2.24) is 15.2 Å². The minimum Gasteiger partial charge on any atom is -0.481 e.